The number of esters is 1. The summed E-state index contributed by atoms with van der Waals surface area (Å²) in [5, 5.41) is 30.5. The number of rotatable bonds is 11. The fourth-order valence-electron chi connectivity index (χ4n) is 3.69. The number of aliphatic hydroxyl groups excluding tert-OH is 3. The highest BCUT2D eigenvalue weighted by Gasteiger charge is 2.45. The normalized spacial score (nSPS) is 21.2. The second-order valence-electron chi connectivity index (χ2n) is 9.06. The molecule has 204 valence electrons. The predicted molar refractivity (Wildman–Crippen MR) is 136 cm³/mol. The van der Waals surface area contributed by atoms with Crippen LogP contribution in [0.25, 0.3) is 11.2 Å². The monoisotopic (exact) mass is 547 g/mol. The summed E-state index contributed by atoms with van der Waals surface area (Å²) in [7, 11) is 0. The van der Waals surface area contributed by atoms with E-state index in [4.69, 9.17) is 19.9 Å². The smallest absolute Gasteiger partial charge is 0.338 e. The van der Waals surface area contributed by atoms with E-state index < -0.39 is 37.1 Å². The third-order valence-corrected chi connectivity index (χ3v) is 6.66. The Morgan fingerprint density at radius 2 is 1.92 bits per heavy atom. The van der Waals surface area contributed by atoms with Gasteiger partial charge in [0, 0.05) is 0 Å². The van der Waals surface area contributed by atoms with Crippen LogP contribution in [-0.4, -0.2) is 90.5 Å². The Hall–Kier alpha value is -3.30. The molecule has 3 heterocycles. The lowest BCUT2D eigenvalue weighted by Crippen LogP contribution is -2.33. The molecular weight excluding hydrogens is 518 g/mol. The number of hydrogen-bond acceptors (Lipinski definition) is 13. The third-order valence-electron chi connectivity index (χ3n) is 5.64. The first-order chi connectivity index (χ1) is 18.2. The van der Waals surface area contributed by atoms with Gasteiger partial charge in [-0.25, -0.2) is 19.7 Å². The first-order valence-corrected chi connectivity index (χ1v) is 12.8. The molecule has 1 aliphatic heterocycles. The van der Waals surface area contributed by atoms with Crippen molar-refractivity contribution in [2.75, 3.05) is 31.3 Å². The van der Waals surface area contributed by atoms with Crippen molar-refractivity contribution in [1.82, 2.24) is 19.5 Å². The van der Waals surface area contributed by atoms with Crippen LogP contribution in [0.3, 0.4) is 0 Å². The van der Waals surface area contributed by atoms with Gasteiger partial charge < -0.3 is 35.3 Å². The van der Waals surface area contributed by atoms with Gasteiger partial charge in [-0.2, -0.15) is 0 Å². The van der Waals surface area contributed by atoms with E-state index in [1.807, 2.05) is 13.8 Å². The highest BCUT2D eigenvalue weighted by atomic mass is 32.2. The molecule has 1 fully saturated rings. The molecular formula is C24H29N5O8S. The summed E-state index contributed by atoms with van der Waals surface area (Å²) in [6, 6.07) is 6.28. The second kappa shape index (κ2) is 12.0. The van der Waals surface area contributed by atoms with Crippen LogP contribution in [-0.2, 0) is 14.3 Å². The van der Waals surface area contributed by atoms with Gasteiger partial charge in [-0.1, -0.05) is 25.6 Å². The highest BCUT2D eigenvalue weighted by Crippen LogP contribution is 2.36. The van der Waals surface area contributed by atoms with Crippen molar-refractivity contribution in [2.45, 2.75) is 43.5 Å². The van der Waals surface area contributed by atoms with E-state index in [0.29, 0.717) is 17.9 Å². The number of carbonyl (C=O) groups excluding carboxylic acids is 2. The number of thioether (sulfide) groups is 1. The molecule has 3 aromatic rings. The summed E-state index contributed by atoms with van der Waals surface area (Å²) in [5.41, 5.74) is 6.80. The molecule has 4 atom stereocenters. The molecule has 1 aromatic carbocycles. The van der Waals surface area contributed by atoms with Crippen molar-refractivity contribution < 1.29 is 39.1 Å². The van der Waals surface area contributed by atoms with E-state index >= 15 is 0 Å². The number of benzene rings is 1. The maximum atomic E-state index is 12.6. The molecule has 0 unspecified atom stereocenters. The summed E-state index contributed by atoms with van der Waals surface area (Å²) in [4.78, 5) is 37.1. The summed E-state index contributed by atoms with van der Waals surface area (Å²) in [6.07, 6.45) is -3.63. The fraction of sp³-hybridized carbons (Fsp3) is 0.458. The average molecular weight is 548 g/mol. The second-order valence-corrected chi connectivity index (χ2v) is 10.00. The summed E-state index contributed by atoms with van der Waals surface area (Å²) in [6.45, 7) is 3.48. The number of hydrogen-bond donors (Lipinski definition) is 4. The number of nitrogen functional groups attached to an aromatic ring is 1. The topological polar surface area (TPSA) is 192 Å². The van der Waals surface area contributed by atoms with Crippen molar-refractivity contribution >= 4 is 40.5 Å². The lowest BCUT2D eigenvalue weighted by molar-refractivity contribution is -0.118. The summed E-state index contributed by atoms with van der Waals surface area (Å²) in [5.74, 6) is -0.0223. The minimum atomic E-state index is -1.38. The maximum absolute atomic E-state index is 12.6. The predicted octanol–water partition coefficient (Wildman–Crippen LogP) is 0.573. The minimum Gasteiger partial charge on any atom is -0.486 e. The summed E-state index contributed by atoms with van der Waals surface area (Å²) < 4.78 is 17.8. The lowest BCUT2D eigenvalue weighted by Gasteiger charge is -2.19. The first kappa shape index (κ1) is 27.7. The van der Waals surface area contributed by atoms with Crippen molar-refractivity contribution in [2.24, 2.45) is 5.92 Å². The zero-order chi connectivity index (χ0) is 27.4. The molecule has 0 amide bonds. The number of nitrogens with zero attached hydrogens (tertiary/aromatic N) is 4. The summed E-state index contributed by atoms with van der Waals surface area (Å²) >= 11 is 1.04. The Morgan fingerprint density at radius 1 is 1.18 bits per heavy atom. The zero-order valence-corrected chi connectivity index (χ0v) is 21.6. The molecule has 0 radical (unpaired) electrons. The van der Waals surface area contributed by atoms with Gasteiger partial charge in [0.05, 0.1) is 24.5 Å². The van der Waals surface area contributed by atoms with Crippen molar-refractivity contribution in [3.05, 3.63) is 36.2 Å². The maximum Gasteiger partial charge on any atom is 0.338 e. The van der Waals surface area contributed by atoms with Crippen LogP contribution in [0.5, 0.6) is 5.75 Å². The van der Waals surface area contributed by atoms with Crippen LogP contribution in [0, 0.1) is 5.92 Å². The standard InChI is InChI=1S/C24H29N5O8S/c1-12(2)8-36-23(34)13-3-5-15(6-4-13)35-9-14(31)10-38-24-28-17-20(25)26-11-27-21(17)29(24)22-19(33)18(32)16(7-30)37-22/h3-6,11-12,16,18-19,22,30,32-33H,7-10H2,1-2H3,(H2,25,26,27)/t16-,18-,19-,22-/m1/s1. The number of fused-ring (bicyclic) bond motifs is 1. The van der Waals surface area contributed by atoms with E-state index in [1.54, 1.807) is 24.3 Å². The van der Waals surface area contributed by atoms with Gasteiger partial charge in [0.1, 0.15) is 37.0 Å². The van der Waals surface area contributed by atoms with Gasteiger partial charge in [0.15, 0.2) is 34.1 Å². The van der Waals surface area contributed by atoms with Gasteiger partial charge in [-0.15, -0.1) is 0 Å². The van der Waals surface area contributed by atoms with E-state index in [9.17, 15) is 24.9 Å². The molecule has 38 heavy (non-hydrogen) atoms. The number of ether oxygens (including phenoxy) is 3. The third kappa shape index (κ3) is 6.05. The molecule has 0 spiro atoms. The van der Waals surface area contributed by atoms with Gasteiger partial charge in [-0.3, -0.25) is 9.36 Å². The minimum absolute atomic E-state index is 0.0505. The number of Topliss-reactive ketones (excluding diaryl/α,β-unsaturated/α-hetero) is 1. The number of ketones is 1. The zero-order valence-electron chi connectivity index (χ0n) is 20.8. The van der Waals surface area contributed by atoms with Crippen LogP contribution >= 0.6 is 11.8 Å². The Balaban J connectivity index is 1.41. The first-order valence-electron chi connectivity index (χ1n) is 11.8. The molecule has 2 aromatic heterocycles. The van der Waals surface area contributed by atoms with Crippen LogP contribution in [0.15, 0.2) is 35.7 Å². The molecule has 4 rings (SSSR count). The lowest BCUT2D eigenvalue weighted by atomic mass is 10.1. The number of anilines is 1. The number of aliphatic hydroxyl groups is 3. The molecule has 0 saturated carbocycles. The number of imidazole rings is 1. The Bertz CT molecular complexity index is 1280. The van der Waals surface area contributed by atoms with Crippen LogP contribution in [0.4, 0.5) is 5.82 Å². The van der Waals surface area contributed by atoms with E-state index in [1.165, 1.54) is 10.9 Å². The van der Waals surface area contributed by atoms with Gasteiger partial charge >= 0.3 is 5.97 Å². The molecule has 1 saturated heterocycles. The Morgan fingerprint density at radius 3 is 2.58 bits per heavy atom. The molecule has 5 N–H and O–H groups in total. The van der Waals surface area contributed by atoms with Crippen molar-refractivity contribution in [3.63, 3.8) is 0 Å². The van der Waals surface area contributed by atoms with Gasteiger partial charge in [0.25, 0.3) is 0 Å². The molecule has 0 bridgehead atoms. The molecule has 1 aliphatic rings. The Kier molecular flexibility index (Phi) is 8.79. The fourth-order valence-corrected chi connectivity index (χ4v) is 4.55. The van der Waals surface area contributed by atoms with Crippen LogP contribution in [0.1, 0.15) is 30.4 Å². The van der Waals surface area contributed by atoms with Crippen LogP contribution < -0.4 is 10.5 Å². The number of nitrogens with two attached hydrogens (primary N) is 1. The van der Waals surface area contributed by atoms with Gasteiger partial charge in [-0.05, 0) is 30.2 Å². The van der Waals surface area contributed by atoms with Crippen molar-refractivity contribution in [3.8, 4) is 5.75 Å². The van der Waals surface area contributed by atoms with E-state index in [2.05, 4.69) is 15.0 Å². The highest BCUT2D eigenvalue weighted by molar-refractivity contribution is 7.99. The van der Waals surface area contributed by atoms with E-state index in [-0.39, 0.29) is 46.2 Å². The SMILES string of the molecule is CC(C)COC(=O)c1ccc(OCC(=O)CSc2nc3c(N)ncnc3n2[C@@H]2O[C@H](CO)[C@@H](O)[C@H]2O)cc1. The average Bonchev–Trinajstić information content (AvgIpc) is 3.42. The Labute approximate surface area is 221 Å². The largest absolute Gasteiger partial charge is 0.486 e. The van der Waals surface area contributed by atoms with E-state index in [0.717, 1.165) is 11.8 Å². The molecule has 14 heteroatoms. The van der Waals surface area contributed by atoms with Crippen molar-refractivity contribution in [1.29, 1.82) is 0 Å². The quantitative estimate of drug-likeness (QED) is 0.193. The number of carbonyl (C=O) groups is 2. The van der Waals surface area contributed by atoms with Crippen LogP contribution in [0.2, 0.25) is 0 Å². The van der Waals surface area contributed by atoms with Gasteiger partial charge in [0.2, 0.25) is 0 Å². The molecule has 0 aliphatic carbocycles. The molecule has 13 nitrogen and oxygen atoms in total. The number of aromatic nitrogens is 4.